The fourth-order valence-electron chi connectivity index (χ4n) is 7.39. The summed E-state index contributed by atoms with van der Waals surface area (Å²) in [6.45, 7) is 5.41. The first-order valence-electron chi connectivity index (χ1n) is 23.6. The van der Waals surface area contributed by atoms with Gasteiger partial charge in [-0.25, -0.2) is 0 Å². The van der Waals surface area contributed by atoms with E-state index in [1.54, 1.807) is 0 Å². The number of hydrogen-bond acceptors (Lipinski definition) is 4. The first-order valence-corrected chi connectivity index (χ1v) is 23.6. The van der Waals surface area contributed by atoms with Gasteiger partial charge in [0, 0.05) is 13.0 Å². The van der Waals surface area contributed by atoms with E-state index in [0.717, 1.165) is 19.3 Å². The van der Waals surface area contributed by atoms with Gasteiger partial charge in [0.25, 0.3) is 0 Å². The quantitative estimate of drug-likeness (QED) is 0.0502. The Kier molecular flexibility index (Phi) is 45.0. The number of carbonyl (C=O) groups excluding carboxylic acids is 1. The topological polar surface area (TPSA) is 55.8 Å². The maximum atomic E-state index is 12.2. The molecule has 51 heavy (non-hydrogen) atoms. The number of rotatable bonds is 45. The van der Waals surface area contributed by atoms with E-state index in [-0.39, 0.29) is 12.6 Å². The standard InChI is InChI=1S/C47H94O4/c1-3-5-7-9-11-13-15-17-19-20-21-22-23-24-25-26-27-29-31-33-35-37-39-41-43-50-45-46(44-48)51-47(49)42-40-38-36-34-32-30-28-18-16-14-12-10-8-6-4-2/h46,48H,3-45H2,1-2H3. The summed E-state index contributed by atoms with van der Waals surface area (Å²) in [6.07, 6.45) is 53.3. The summed E-state index contributed by atoms with van der Waals surface area (Å²) >= 11 is 0. The van der Waals surface area contributed by atoms with Crippen molar-refractivity contribution in [2.45, 2.75) is 277 Å². The predicted molar refractivity (Wildman–Crippen MR) is 224 cm³/mol. The van der Waals surface area contributed by atoms with Gasteiger partial charge in [0.2, 0.25) is 0 Å². The lowest BCUT2D eigenvalue weighted by Gasteiger charge is -2.16. The Morgan fingerprint density at radius 2 is 0.647 bits per heavy atom. The van der Waals surface area contributed by atoms with Crippen LogP contribution in [0.3, 0.4) is 0 Å². The summed E-state index contributed by atoms with van der Waals surface area (Å²) in [6, 6.07) is 0. The lowest BCUT2D eigenvalue weighted by Crippen LogP contribution is -2.27. The van der Waals surface area contributed by atoms with Crippen molar-refractivity contribution in [2.24, 2.45) is 0 Å². The van der Waals surface area contributed by atoms with Crippen LogP contribution in [0.15, 0.2) is 0 Å². The van der Waals surface area contributed by atoms with Crippen molar-refractivity contribution in [3.63, 3.8) is 0 Å². The predicted octanol–water partition coefficient (Wildman–Crippen LogP) is 15.6. The van der Waals surface area contributed by atoms with E-state index in [4.69, 9.17) is 9.47 Å². The first-order chi connectivity index (χ1) is 25.2. The van der Waals surface area contributed by atoms with E-state index < -0.39 is 6.10 Å². The Morgan fingerprint density at radius 3 is 0.922 bits per heavy atom. The molecule has 4 heteroatoms. The average Bonchev–Trinajstić information content (AvgIpc) is 3.14. The molecule has 1 N–H and O–H groups in total. The van der Waals surface area contributed by atoms with Gasteiger partial charge in [-0.2, -0.15) is 0 Å². The largest absolute Gasteiger partial charge is 0.457 e. The van der Waals surface area contributed by atoms with Crippen LogP contribution >= 0.6 is 0 Å². The third-order valence-corrected chi connectivity index (χ3v) is 10.9. The molecule has 0 radical (unpaired) electrons. The van der Waals surface area contributed by atoms with Crippen LogP contribution in [-0.4, -0.2) is 37.0 Å². The van der Waals surface area contributed by atoms with Crippen LogP contribution in [0.4, 0.5) is 0 Å². The molecule has 0 aromatic rings. The van der Waals surface area contributed by atoms with Gasteiger partial charge in [-0.3, -0.25) is 4.79 Å². The smallest absolute Gasteiger partial charge is 0.306 e. The number of ether oxygens (including phenoxy) is 2. The minimum absolute atomic E-state index is 0.163. The molecule has 306 valence electrons. The second kappa shape index (κ2) is 45.5. The molecule has 0 saturated heterocycles. The molecule has 0 aliphatic heterocycles. The molecule has 0 aromatic carbocycles. The fraction of sp³-hybridized carbons (Fsp3) is 0.979. The van der Waals surface area contributed by atoms with Crippen LogP contribution in [0.5, 0.6) is 0 Å². The molecule has 1 atom stereocenters. The molecule has 0 aliphatic rings. The molecule has 0 rings (SSSR count). The van der Waals surface area contributed by atoms with Crippen molar-refractivity contribution >= 4 is 5.97 Å². The van der Waals surface area contributed by atoms with Gasteiger partial charge < -0.3 is 14.6 Å². The summed E-state index contributed by atoms with van der Waals surface area (Å²) in [4.78, 5) is 12.2. The van der Waals surface area contributed by atoms with Crippen molar-refractivity contribution in [2.75, 3.05) is 19.8 Å². The van der Waals surface area contributed by atoms with Crippen molar-refractivity contribution in [1.29, 1.82) is 0 Å². The molecule has 4 nitrogen and oxygen atoms in total. The molecular formula is C47H94O4. The van der Waals surface area contributed by atoms with Crippen molar-refractivity contribution in [3.05, 3.63) is 0 Å². The second-order valence-electron chi connectivity index (χ2n) is 16.2. The molecule has 0 saturated carbocycles. The first kappa shape index (κ1) is 50.4. The molecule has 0 aliphatic carbocycles. The normalized spacial score (nSPS) is 12.1. The van der Waals surface area contributed by atoms with Crippen LogP contribution in [0.2, 0.25) is 0 Å². The summed E-state index contributed by atoms with van der Waals surface area (Å²) in [5.74, 6) is -0.192. The summed E-state index contributed by atoms with van der Waals surface area (Å²) in [5.41, 5.74) is 0. The van der Waals surface area contributed by atoms with Gasteiger partial charge >= 0.3 is 5.97 Å². The third-order valence-electron chi connectivity index (χ3n) is 10.9. The van der Waals surface area contributed by atoms with Crippen LogP contribution in [0.1, 0.15) is 271 Å². The highest BCUT2D eigenvalue weighted by molar-refractivity contribution is 5.69. The Bertz CT molecular complexity index is 638. The Hall–Kier alpha value is -0.610. The maximum Gasteiger partial charge on any atom is 0.306 e. The fourth-order valence-corrected chi connectivity index (χ4v) is 7.39. The zero-order valence-electron chi connectivity index (χ0n) is 35.2. The summed E-state index contributed by atoms with van der Waals surface area (Å²) in [5, 5.41) is 9.61. The second-order valence-corrected chi connectivity index (χ2v) is 16.2. The van der Waals surface area contributed by atoms with Crippen LogP contribution in [-0.2, 0) is 14.3 Å². The molecular weight excluding hydrogens is 629 g/mol. The lowest BCUT2D eigenvalue weighted by atomic mass is 10.0. The molecule has 0 heterocycles. The zero-order valence-corrected chi connectivity index (χ0v) is 35.2. The lowest BCUT2D eigenvalue weighted by molar-refractivity contribution is -0.154. The van der Waals surface area contributed by atoms with Crippen molar-refractivity contribution in [1.82, 2.24) is 0 Å². The van der Waals surface area contributed by atoms with Gasteiger partial charge in [-0.1, -0.05) is 251 Å². The molecule has 0 spiro atoms. The van der Waals surface area contributed by atoms with Gasteiger partial charge in [0.1, 0.15) is 6.10 Å². The number of unbranched alkanes of at least 4 members (excludes halogenated alkanes) is 37. The Labute approximate surface area is 321 Å². The molecule has 1 unspecified atom stereocenters. The van der Waals surface area contributed by atoms with E-state index in [9.17, 15) is 9.90 Å². The van der Waals surface area contributed by atoms with Gasteiger partial charge in [-0.15, -0.1) is 0 Å². The minimum atomic E-state index is -0.525. The Morgan fingerprint density at radius 1 is 0.392 bits per heavy atom. The van der Waals surface area contributed by atoms with Gasteiger partial charge in [0.05, 0.1) is 13.2 Å². The highest BCUT2D eigenvalue weighted by Gasteiger charge is 2.13. The maximum absolute atomic E-state index is 12.2. The third kappa shape index (κ3) is 43.7. The summed E-state index contributed by atoms with van der Waals surface area (Å²) < 4.78 is 11.2. The van der Waals surface area contributed by atoms with Crippen molar-refractivity contribution < 1.29 is 19.4 Å². The number of aliphatic hydroxyl groups is 1. The van der Waals surface area contributed by atoms with Crippen LogP contribution in [0, 0.1) is 0 Å². The molecule has 0 aromatic heterocycles. The van der Waals surface area contributed by atoms with E-state index in [0.29, 0.717) is 19.6 Å². The number of carbonyl (C=O) groups is 1. The monoisotopic (exact) mass is 723 g/mol. The molecule has 0 fully saturated rings. The SMILES string of the molecule is CCCCCCCCCCCCCCCCCCCCCCCCCCOCC(CO)OC(=O)CCCCCCCCCCCCCCCCC. The number of esters is 1. The Balaban J connectivity index is 3.31. The average molecular weight is 723 g/mol. The molecule has 0 amide bonds. The molecule has 0 bridgehead atoms. The highest BCUT2D eigenvalue weighted by atomic mass is 16.6. The number of hydrogen-bond donors (Lipinski definition) is 1. The van der Waals surface area contributed by atoms with Crippen LogP contribution < -0.4 is 0 Å². The minimum Gasteiger partial charge on any atom is -0.457 e. The van der Waals surface area contributed by atoms with E-state index >= 15 is 0 Å². The summed E-state index contributed by atoms with van der Waals surface area (Å²) in [7, 11) is 0. The van der Waals surface area contributed by atoms with Gasteiger partial charge in [0.15, 0.2) is 0 Å². The zero-order chi connectivity index (χ0) is 37.0. The van der Waals surface area contributed by atoms with Crippen molar-refractivity contribution in [3.8, 4) is 0 Å². The van der Waals surface area contributed by atoms with Crippen LogP contribution in [0.25, 0.3) is 0 Å². The van der Waals surface area contributed by atoms with Gasteiger partial charge in [-0.05, 0) is 12.8 Å². The van der Waals surface area contributed by atoms with E-state index in [1.807, 2.05) is 0 Å². The highest BCUT2D eigenvalue weighted by Crippen LogP contribution is 2.17. The van der Waals surface area contributed by atoms with E-state index in [2.05, 4.69) is 13.8 Å². The number of aliphatic hydroxyl groups excluding tert-OH is 1. The van der Waals surface area contributed by atoms with E-state index in [1.165, 1.54) is 231 Å².